The van der Waals surface area contributed by atoms with Crippen LogP contribution in [0.2, 0.25) is 0 Å². The standard InChI is InChI=1S/C21H23FN4OS.HI/c1-23-21(25-13-14-28-19-5-3-2-4-6-19)24-12-11-18-15-27-20(26-18)16-7-9-17(22)10-8-16;/h2-10,15H,11-14H2,1H3,(H2,23,24,25);1H. The molecule has 1 heterocycles. The first-order chi connectivity index (χ1) is 13.7. The third-order valence-corrected chi connectivity index (χ3v) is 4.96. The van der Waals surface area contributed by atoms with E-state index in [0.717, 1.165) is 29.5 Å². The van der Waals surface area contributed by atoms with Crippen molar-refractivity contribution in [3.05, 3.63) is 72.4 Å². The molecule has 154 valence electrons. The van der Waals surface area contributed by atoms with E-state index in [1.54, 1.807) is 37.2 Å². The lowest BCUT2D eigenvalue weighted by atomic mass is 10.2. The molecule has 0 saturated carbocycles. The Kier molecular flexibility index (Phi) is 9.99. The van der Waals surface area contributed by atoms with Gasteiger partial charge in [-0.3, -0.25) is 4.99 Å². The molecule has 0 aliphatic carbocycles. The quantitative estimate of drug-likeness (QED) is 0.148. The van der Waals surface area contributed by atoms with Gasteiger partial charge in [0, 0.05) is 42.8 Å². The van der Waals surface area contributed by atoms with Gasteiger partial charge in [0.2, 0.25) is 5.89 Å². The molecule has 2 N–H and O–H groups in total. The molecule has 1 aromatic heterocycles. The Morgan fingerprint density at radius 2 is 1.79 bits per heavy atom. The van der Waals surface area contributed by atoms with E-state index in [0.29, 0.717) is 18.9 Å². The second-order valence-electron chi connectivity index (χ2n) is 5.99. The van der Waals surface area contributed by atoms with Gasteiger partial charge in [-0.1, -0.05) is 18.2 Å². The lowest BCUT2D eigenvalue weighted by Gasteiger charge is -2.11. The van der Waals surface area contributed by atoms with Crippen LogP contribution in [0.15, 0.2) is 75.2 Å². The minimum atomic E-state index is -0.277. The molecule has 0 atom stereocenters. The first-order valence-electron chi connectivity index (χ1n) is 9.07. The Hall–Kier alpha value is -2.07. The van der Waals surface area contributed by atoms with Crippen molar-refractivity contribution in [3.63, 3.8) is 0 Å². The molecule has 8 heteroatoms. The van der Waals surface area contributed by atoms with Crippen LogP contribution in [-0.2, 0) is 6.42 Å². The molecule has 0 aliphatic rings. The molecule has 3 rings (SSSR count). The lowest BCUT2D eigenvalue weighted by molar-refractivity contribution is 0.571. The van der Waals surface area contributed by atoms with Gasteiger partial charge in [0.15, 0.2) is 5.96 Å². The van der Waals surface area contributed by atoms with Gasteiger partial charge < -0.3 is 15.1 Å². The largest absolute Gasteiger partial charge is 0.444 e. The van der Waals surface area contributed by atoms with Crippen molar-refractivity contribution in [1.82, 2.24) is 15.6 Å². The Bertz CT molecular complexity index is 887. The molecule has 0 amide bonds. The monoisotopic (exact) mass is 526 g/mol. The summed E-state index contributed by atoms with van der Waals surface area (Å²) in [6, 6.07) is 16.4. The van der Waals surface area contributed by atoms with E-state index in [9.17, 15) is 4.39 Å². The van der Waals surface area contributed by atoms with Crippen LogP contribution in [0.4, 0.5) is 4.39 Å². The minimum absolute atomic E-state index is 0. The zero-order valence-electron chi connectivity index (χ0n) is 16.1. The Labute approximate surface area is 191 Å². The highest BCUT2D eigenvalue weighted by Gasteiger charge is 2.07. The fourth-order valence-electron chi connectivity index (χ4n) is 2.53. The van der Waals surface area contributed by atoms with E-state index >= 15 is 0 Å². The highest BCUT2D eigenvalue weighted by atomic mass is 127. The summed E-state index contributed by atoms with van der Waals surface area (Å²) in [5.41, 5.74) is 1.59. The van der Waals surface area contributed by atoms with Crippen molar-refractivity contribution in [1.29, 1.82) is 0 Å². The summed E-state index contributed by atoms with van der Waals surface area (Å²) >= 11 is 1.80. The second-order valence-corrected chi connectivity index (χ2v) is 7.16. The molecular formula is C21H24FIN4OS. The Morgan fingerprint density at radius 3 is 2.52 bits per heavy atom. The third kappa shape index (κ3) is 7.69. The van der Waals surface area contributed by atoms with Crippen LogP contribution in [0, 0.1) is 5.82 Å². The maximum absolute atomic E-state index is 13.0. The van der Waals surface area contributed by atoms with Gasteiger partial charge in [-0.2, -0.15) is 0 Å². The summed E-state index contributed by atoms with van der Waals surface area (Å²) in [5.74, 6) is 1.93. The fraction of sp³-hybridized carbons (Fsp3) is 0.238. The second kappa shape index (κ2) is 12.5. The number of benzene rings is 2. The van der Waals surface area contributed by atoms with E-state index in [2.05, 4.69) is 32.7 Å². The van der Waals surface area contributed by atoms with Crippen molar-refractivity contribution >= 4 is 41.7 Å². The maximum Gasteiger partial charge on any atom is 0.226 e. The normalized spacial score (nSPS) is 11.0. The molecule has 29 heavy (non-hydrogen) atoms. The van der Waals surface area contributed by atoms with Gasteiger partial charge in [-0.15, -0.1) is 35.7 Å². The number of aromatic nitrogens is 1. The van der Waals surface area contributed by atoms with E-state index < -0.39 is 0 Å². The van der Waals surface area contributed by atoms with Crippen molar-refractivity contribution in [2.24, 2.45) is 4.99 Å². The number of hydrogen-bond donors (Lipinski definition) is 2. The van der Waals surface area contributed by atoms with Crippen LogP contribution in [0.3, 0.4) is 0 Å². The highest BCUT2D eigenvalue weighted by Crippen LogP contribution is 2.19. The topological polar surface area (TPSA) is 62.5 Å². The van der Waals surface area contributed by atoms with Gasteiger partial charge in [0.1, 0.15) is 12.1 Å². The molecule has 5 nitrogen and oxygen atoms in total. The number of nitrogens with one attached hydrogen (secondary N) is 2. The zero-order valence-corrected chi connectivity index (χ0v) is 19.2. The molecule has 0 radical (unpaired) electrons. The number of aliphatic imine (C=N–C) groups is 1. The molecule has 0 saturated heterocycles. The van der Waals surface area contributed by atoms with Crippen molar-refractivity contribution in [3.8, 4) is 11.5 Å². The van der Waals surface area contributed by atoms with E-state index in [-0.39, 0.29) is 29.8 Å². The maximum atomic E-state index is 13.0. The summed E-state index contributed by atoms with van der Waals surface area (Å²) < 4.78 is 18.5. The van der Waals surface area contributed by atoms with Gasteiger partial charge in [-0.05, 0) is 36.4 Å². The molecule has 0 aliphatic heterocycles. The van der Waals surface area contributed by atoms with Crippen LogP contribution in [0.25, 0.3) is 11.5 Å². The molecular weight excluding hydrogens is 502 g/mol. The summed E-state index contributed by atoms with van der Waals surface area (Å²) in [6.45, 7) is 1.50. The number of guanidine groups is 1. The number of halogens is 2. The van der Waals surface area contributed by atoms with Crippen LogP contribution < -0.4 is 10.6 Å². The third-order valence-electron chi connectivity index (χ3n) is 3.95. The molecule has 0 unspecified atom stereocenters. The number of rotatable bonds is 8. The number of hydrogen-bond acceptors (Lipinski definition) is 4. The van der Waals surface area contributed by atoms with Crippen molar-refractivity contribution in [2.75, 3.05) is 25.9 Å². The van der Waals surface area contributed by atoms with E-state index in [1.807, 2.05) is 18.2 Å². The Balaban J connectivity index is 0.00000300. The SMILES string of the molecule is CN=C(NCCSc1ccccc1)NCCc1coc(-c2ccc(F)cc2)n1.I. The fourth-order valence-corrected chi connectivity index (χ4v) is 3.32. The van der Waals surface area contributed by atoms with Gasteiger partial charge in [0.05, 0.1) is 5.69 Å². The van der Waals surface area contributed by atoms with Gasteiger partial charge in [-0.25, -0.2) is 9.37 Å². The number of oxazole rings is 1. The molecule has 2 aromatic carbocycles. The summed E-state index contributed by atoms with van der Waals surface area (Å²) in [6.07, 6.45) is 2.33. The van der Waals surface area contributed by atoms with E-state index in [1.165, 1.54) is 17.0 Å². The first-order valence-corrected chi connectivity index (χ1v) is 10.1. The van der Waals surface area contributed by atoms with Crippen LogP contribution in [-0.4, -0.2) is 36.8 Å². The predicted molar refractivity (Wildman–Crippen MR) is 128 cm³/mol. The predicted octanol–water partition coefficient (Wildman–Crippen LogP) is 4.60. The molecule has 0 fully saturated rings. The van der Waals surface area contributed by atoms with Gasteiger partial charge >= 0.3 is 0 Å². The first kappa shape index (κ1) is 23.2. The zero-order chi connectivity index (χ0) is 19.6. The number of nitrogens with zero attached hydrogens (tertiary/aromatic N) is 2. The number of thioether (sulfide) groups is 1. The van der Waals surface area contributed by atoms with Crippen molar-refractivity contribution < 1.29 is 8.81 Å². The summed E-state index contributed by atoms with van der Waals surface area (Å²) in [7, 11) is 1.75. The summed E-state index contributed by atoms with van der Waals surface area (Å²) in [4.78, 5) is 9.94. The smallest absolute Gasteiger partial charge is 0.226 e. The molecule has 0 spiro atoms. The van der Waals surface area contributed by atoms with Crippen LogP contribution in [0.1, 0.15) is 5.69 Å². The average Bonchev–Trinajstić information content (AvgIpc) is 3.20. The van der Waals surface area contributed by atoms with Crippen LogP contribution >= 0.6 is 35.7 Å². The summed E-state index contributed by atoms with van der Waals surface area (Å²) in [5, 5.41) is 6.57. The highest BCUT2D eigenvalue weighted by molar-refractivity contribution is 14.0. The van der Waals surface area contributed by atoms with E-state index in [4.69, 9.17) is 4.42 Å². The molecule has 3 aromatic rings. The van der Waals surface area contributed by atoms with Gasteiger partial charge in [0.25, 0.3) is 0 Å². The molecule has 0 bridgehead atoms. The van der Waals surface area contributed by atoms with Crippen LogP contribution in [0.5, 0.6) is 0 Å². The Morgan fingerprint density at radius 1 is 1.07 bits per heavy atom. The lowest BCUT2D eigenvalue weighted by Crippen LogP contribution is -2.39. The minimum Gasteiger partial charge on any atom is -0.444 e. The average molecular weight is 526 g/mol. The van der Waals surface area contributed by atoms with Crippen molar-refractivity contribution in [2.45, 2.75) is 11.3 Å².